The van der Waals surface area contributed by atoms with Crippen LogP contribution in [0.5, 0.6) is 5.75 Å². The molecule has 0 unspecified atom stereocenters. The molecule has 7 nitrogen and oxygen atoms in total. The highest BCUT2D eigenvalue weighted by Crippen LogP contribution is 2.18. The molecule has 2 heterocycles. The first kappa shape index (κ1) is 16.7. The maximum atomic E-state index is 12.6. The van der Waals surface area contributed by atoms with E-state index in [0.29, 0.717) is 23.3 Å². The summed E-state index contributed by atoms with van der Waals surface area (Å²) in [7, 11) is 1.61. The second-order valence-corrected chi connectivity index (χ2v) is 5.89. The number of amides is 1. The minimum absolute atomic E-state index is 0.180. The Kier molecular flexibility index (Phi) is 4.49. The third-order valence-corrected chi connectivity index (χ3v) is 4.19. The average Bonchev–Trinajstić information content (AvgIpc) is 3.16. The van der Waals surface area contributed by atoms with E-state index < -0.39 is 0 Å². The second kappa shape index (κ2) is 7.25. The van der Waals surface area contributed by atoms with E-state index in [1.165, 1.54) is 0 Å². The number of para-hydroxylation sites is 1. The molecule has 0 spiro atoms. The average molecular weight is 359 g/mol. The number of methoxy groups -OCH3 is 1. The van der Waals surface area contributed by atoms with E-state index in [1.807, 2.05) is 48.5 Å². The van der Waals surface area contributed by atoms with E-state index in [0.717, 1.165) is 17.0 Å². The summed E-state index contributed by atoms with van der Waals surface area (Å²) in [5.41, 5.74) is 3.51. The third-order valence-electron chi connectivity index (χ3n) is 4.19. The summed E-state index contributed by atoms with van der Waals surface area (Å²) in [6.45, 7) is 0.376. The summed E-state index contributed by atoms with van der Waals surface area (Å²) >= 11 is 0. The molecule has 0 bridgehead atoms. The molecule has 7 heteroatoms. The van der Waals surface area contributed by atoms with Crippen LogP contribution in [0.2, 0.25) is 0 Å². The van der Waals surface area contributed by atoms with Crippen LogP contribution in [0.3, 0.4) is 0 Å². The van der Waals surface area contributed by atoms with E-state index in [2.05, 4.69) is 20.6 Å². The van der Waals surface area contributed by atoms with Crippen molar-refractivity contribution in [3.05, 3.63) is 78.0 Å². The quantitative estimate of drug-likeness (QED) is 0.592. The number of fused-ring (bicyclic) bond motifs is 1. The number of nitrogens with one attached hydrogen (secondary N) is 1. The lowest BCUT2D eigenvalue weighted by Gasteiger charge is -2.10. The molecule has 1 N–H and O–H groups in total. The number of hydrogen-bond donors (Lipinski definition) is 1. The normalized spacial score (nSPS) is 10.7. The molecule has 4 aromatic rings. The lowest BCUT2D eigenvalue weighted by molar-refractivity contribution is 0.0950. The summed E-state index contributed by atoms with van der Waals surface area (Å²) < 4.78 is 6.93. The van der Waals surface area contributed by atoms with Crippen molar-refractivity contribution in [3.63, 3.8) is 0 Å². The fraction of sp³-hybridized carbons (Fsp3) is 0.100. The van der Waals surface area contributed by atoms with E-state index in [1.54, 1.807) is 30.1 Å². The van der Waals surface area contributed by atoms with Crippen LogP contribution in [0.1, 0.15) is 15.9 Å². The molecule has 0 atom stereocenters. The Labute approximate surface area is 155 Å². The van der Waals surface area contributed by atoms with Gasteiger partial charge in [0.15, 0.2) is 5.65 Å². The van der Waals surface area contributed by atoms with Crippen molar-refractivity contribution < 1.29 is 9.53 Å². The Morgan fingerprint density at radius 2 is 2.00 bits per heavy atom. The zero-order chi connectivity index (χ0) is 18.6. The van der Waals surface area contributed by atoms with Crippen molar-refractivity contribution in [3.8, 4) is 11.4 Å². The van der Waals surface area contributed by atoms with E-state index >= 15 is 0 Å². The van der Waals surface area contributed by atoms with Crippen LogP contribution in [0.15, 0.2) is 66.9 Å². The number of hydrogen-bond acceptors (Lipinski definition) is 5. The lowest BCUT2D eigenvalue weighted by Crippen LogP contribution is -2.23. The van der Waals surface area contributed by atoms with Gasteiger partial charge in [0.25, 0.3) is 5.91 Å². The van der Waals surface area contributed by atoms with Crippen molar-refractivity contribution in [1.82, 2.24) is 25.3 Å². The monoisotopic (exact) mass is 359 g/mol. The van der Waals surface area contributed by atoms with Gasteiger partial charge in [-0.2, -0.15) is 4.68 Å². The Balaban J connectivity index is 1.56. The van der Waals surface area contributed by atoms with Crippen LogP contribution < -0.4 is 10.1 Å². The molecule has 0 fully saturated rings. The number of rotatable bonds is 5. The van der Waals surface area contributed by atoms with Gasteiger partial charge in [-0.05, 0) is 36.4 Å². The Bertz CT molecular complexity index is 1110. The van der Waals surface area contributed by atoms with Gasteiger partial charge >= 0.3 is 0 Å². The van der Waals surface area contributed by atoms with Gasteiger partial charge in [-0.15, -0.1) is 5.10 Å². The Morgan fingerprint density at radius 1 is 1.11 bits per heavy atom. The van der Waals surface area contributed by atoms with Gasteiger partial charge < -0.3 is 10.1 Å². The van der Waals surface area contributed by atoms with Gasteiger partial charge in [0, 0.05) is 23.9 Å². The van der Waals surface area contributed by atoms with Crippen molar-refractivity contribution >= 4 is 17.1 Å². The summed E-state index contributed by atoms with van der Waals surface area (Å²) in [6.07, 6.45) is 1.69. The molecule has 0 aliphatic heterocycles. The molecule has 2 aromatic carbocycles. The topological polar surface area (TPSA) is 81.9 Å². The van der Waals surface area contributed by atoms with Gasteiger partial charge in [-0.1, -0.05) is 29.5 Å². The predicted molar refractivity (Wildman–Crippen MR) is 101 cm³/mol. The highest BCUT2D eigenvalue weighted by Gasteiger charge is 2.11. The van der Waals surface area contributed by atoms with Crippen LogP contribution in [0, 0.1) is 0 Å². The highest BCUT2D eigenvalue weighted by atomic mass is 16.5. The summed E-state index contributed by atoms with van der Waals surface area (Å²) in [5, 5.41) is 11.2. The molecule has 0 aliphatic carbocycles. The molecule has 0 radical (unpaired) electrons. The first-order chi connectivity index (χ1) is 13.3. The Hall–Kier alpha value is -3.74. The number of carbonyl (C=O) groups excluding carboxylic acids is 1. The SMILES string of the molecule is COc1ccccc1CNC(=O)c1cccc(-n2nnc3cccnc32)c1. The molecular formula is C20H17N5O2. The standard InChI is InChI=1S/C20H17N5O2/c1-27-18-10-3-2-6-15(18)13-22-20(26)14-7-4-8-16(12-14)25-19-17(23-24-25)9-5-11-21-19/h2-12H,13H2,1H3,(H,22,26). The largest absolute Gasteiger partial charge is 0.496 e. The fourth-order valence-electron chi connectivity index (χ4n) is 2.84. The number of benzene rings is 2. The van der Waals surface area contributed by atoms with Crippen LogP contribution in [0.25, 0.3) is 16.9 Å². The summed E-state index contributed by atoms with van der Waals surface area (Å²) in [6, 6.07) is 18.4. The molecule has 27 heavy (non-hydrogen) atoms. The molecule has 1 amide bonds. The molecule has 0 aliphatic rings. The lowest BCUT2D eigenvalue weighted by atomic mass is 10.1. The minimum atomic E-state index is -0.180. The van der Waals surface area contributed by atoms with Crippen molar-refractivity contribution in [2.45, 2.75) is 6.54 Å². The van der Waals surface area contributed by atoms with Gasteiger partial charge in [-0.3, -0.25) is 4.79 Å². The summed E-state index contributed by atoms with van der Waals surface area (Å²) in [4.78, 5) is 16.9. The van der Waals surface area contributed by atoms with Crippen LogP contribution in [0.4, 0.5) is 0 Å². The first-order valence-corrected chi connectivity index (χ1v) is 8.43. The van der Waals surface area contributed by atoms with Crippen LogP contribution >= 0.6 is 0 Å². The maximum Gasteiger partial charge on any atom is 0.251 e. The Morgan fingerprint density at radius 3 is 2.89 bits per heavy atom. The highest BCUT2D eigenvalue weighted by molar-refractivity contribution is 5.94. The molecule has 0 saturated carbocycles. The van der Waals surface area contributed by atoms with E-state index in [-0.39, 0.29) is 5.91 Å². The number of carbonyl (C=O) groups is 1. The van der Waals surface area contributed by atoms with Gasteiger partial charge in [0.05, 0.1) is 12.8 Å². The fourth-order valence-corrected chi connectivity index (χ4v) is 2.84. The van der Waals surface area contributed by atoms with Crippen LogP contribution in [-0.2, 0) is 6.54 Å². The van der Waals surface area contributed by atoms with Gasteiger partial charge in [0.1, 0.15) is 11.3 Å². The zero-order valence-electron chi connectivity index (χ0n) is 14.7. The zero-order valence-corrected chi connectivity index (χ0v) is 14.7. The smallest absolute Gasteiger partial charge is 0.251 e. The van der Waals surface area contributed by atoms with E-state index in [9.17, 15) is 4.79 Å². The minimum Gasteiger partial charge on any atom is -0.496 e. The number of nitrogens with zero attached hydrogens (tertiary/aromatic N) is 4. The van der Waals surface area contributed by atoms with Gasteiger partial charge in [-0.25, -0.2) is 4.98 Å². The third kappa shape index (κ3) is 3.35. The van der Waals surface area contributed by atoms with Crippen LogP contribution in [-0.4, -0.2) is 33.0 Å². The molecule has 4 rings (SSSR count). The summed E-state index contributed by atoms with van der Waals surface area (Å²) in [5.74, 6) is 0.562. The first-order valence-electron chi connectivity index (χ1n) is 8.43. The molecule has 134 valence electrons. The van der Waals surface area contributed by atoms with Crippen molar-refractivity contribution in [1.29, 1.82) is 0 Å². The second-order valence-electron chi connectivity index (χ2n) is 5.89. The number of aromatic nitrogens is 4. The molecule has 2 aromatic heterocycles. The molecule has 0 saturated heterocycles. The molecular weight excluding hydrogens is 342 g/mol. The van der Waals surface area contributed by atoms with Crippen molar-refractivity contribution in [2.24, 2.45) is 0 Å². The number of pyridine rings is 1. The van der Waals surface area contributed by atoms with E-state index in [4.69, 9.17) is 4.74 Å². The maximum absolute atomic E-state index is 12.6. The predicted octanol–water partition coefficient (Wildman–Crippen LogP) is 2.75. The van der Waals surface area contributed by atoms with Crippen molar-refractivity contribution in [2.75, 3.05) is 7.11 Å². The van der Waals surface area contributed by atoms with Gasteiger partial charge in [0.2, 0.25) is 0 Å². The number of ether oxygens (including phenoxy) is 1.